The van der Waals surface area contributed by atoms with Gasteiger partial charge in [-0.05, 0) is 36.8 Å². The van der Waals surface area contributed by atoms with Crippen molar-refractivity contribution in [2.24, 2.45) is 0 Å². The average molecular weight is 346 g/mol. The zero-order valence-electron chi connectivity index (χ0n) is 14.6. The van der Waals surface area contributed by atoms with Gasteiger partial charge in [0.1, 0.15) is 23.4 Å². The van der Waals surface area contributed by atoms with Crippen LogP contribution in [0.2, 0.25) is 0 Å². The summed E-state index contributed by atoms with van der Waals surface area (Å²) in [6.45, 7) is 4.67. The van der Waals surface area contributed by atoms with Crippen LogP contribution in [0.25, 0.3) is 0 Å². The topological polar surface area (TPSA) is 45.9 Å². The molecule has 0 bridgehead atoms. The molecule has 0 spiro atoms. The maximum absolute atomic E-state index is 13.7. The van der Waals surface area contributed by atoms with Crippen LogP contribution in [0.4, 0.5) is 4.39 Å². The number of likely N-dealkylation sites (N-methyl/N-ethyl adjacent to an activating group) is 1. The van der Waals surface area contributed by atoms with E-state index < -0.39 is 6.04 Å². The Labute approximate surface area is 147 Å². The van der Waals surface area contributed by atoms with Gasteiger partial charge in [0.15, 0.2) is 0 Å². The largest absolute Gasteiger partial charge is 0.464 e. The highest BCUT2D eigenvalue weighted by atomic mass is 19.1. The number of hydrogen-bond acceptors (Lipinski definition) is 4. The lowest BCUT2D eigenvalue weighted by Gasteiger charge is -2.35. The summed E-state index contributed by atoms with van der Waals surface area (Å²) < 4.78 is 24.7. The molecule has 0 radical (unpaired) electrons. The van der Waals surface area contributed by atoms with Gasteiger partial charge in [-0.3, -0.25) is 9.69 Å². The van der Waals surface area contributed by atoms with E-state index in [2.05, 4.69) is 0 Å². The Balaban J connectivity index is 1.83. The number of carbonyl (C=O) groups is 1. The minimum Gasteiger partial charge on any atom is -0.464 e. The minimum absolute atomic E-state index is 0.0819. The molecule has 1 amide bonds. The zero-order chi connectivity index (χ0) is 17.8. The fraction of sp³-hybridized carbons (Fsp3) is 0.421. The van der Waals surface area contributed by atoms with Crippen LogP contribution in [0.5, 0.6) is 0 Å². The van der Waals surface area contributed by atoms with E-state index in [0.29, 0.717) is 38.4 Å². The number of benzene rings is 1. The van der Waals surface area contributed by atoms with Gasteiger partial charge in [0.05, 0.1) is 19.8 Å². The van der Waals surface area contributed by atoms with Crippen molar-refractivity contribution in [3.63, 3.8) is 0 Å². The third-order valence-corrected chi connectivity index (χ3v) is 4.37. The smallest absolute Gasteiger partial charge is 0.244 e. The Morgan fingerprint density at radius 3 is 2.68 bits per heavy atom. The minimum atomic E-state index is -0.527. The number of morpholine rings is 1. The van der Waals surface area contributed by atoms with Gasteiger partial charge in [0, 0.05) is 20.1 Å². The highest BCUT2D eigenvalue weighted by molar-refractivity contribution is 5.83. The fourth-order valence-corrected chi connectivity index (χ4v) is 3.11. The van der Waals surface area contributed by atoms with Crippen LogP contribution in [0.1, 0.15) is 23.1 Å². The third-order valence-electron chi connectivity index (χ3n) is 4.37. The highest BCUT2D eigenvalue weighted by Gasteiger charge is 2.31. The van der Waals surface area contributed by atoms with Gasteiger partial charge < -0.3 is 14.1 Å². The number of nitrogens with zero attached hydrogens (tertiary/aromatic N) is 2. The summed E-state index contributed by atoms with van der Waals surface area (Å²) >= 11 is 0. The van der Waals surface area contributed by atoms with Crippen molar-refractivity contribution in [2.45, 2.75) is 19.5 Å². The Bertz CT molecular complexity index is 725. The van der Waals surface area contributed by atoms with E-state index in [0.717, 1.165) is 11.5 Å². The molecule has 1 fully saturated rings. The summed E-state index contributed by atoms with van der Waals surface area (Å²) in [5, 5.41) is 0. The van der Waals surface area contributed by atoms with Crippen LogP contribution in [-0.2, 0) is 16.1 Å². The van der Waals surface area contributed by atoms with Crippen molar-refractivity contribution in [3.8, 4) is 0 Å². The van der Waals surface area contributed by atoms with E-state index >= 15 is 0 Å². The van der Waals surface area contributed by atoms with E-state index in [1.165, 1.54) is 12.1 Å². The lowest BCUT2D eigenvalue weighted by atomic mass is 10.0. The van der Waals surface area contributed by atoms with Gasteiger partial charge in [0.2, 0.25) is 5.91 Å². The van der Waals surface area contributed by atoms with Crippen LogP contribution in [0.15, 0.2) is 40.8 Å². The first-order chi connectivity index (χ1) is 12.0. The number of rotatable bonds is 5. The molecule has 5 nitrogen and oxygen atoms in total. The van der Waals surface area contributed by atoms with Gasteiger partial charge in [-0.25, -0.2) is 4.39 Å². The van der Waals surface area contributed by atoms with E-state index in [9.17, 15) is 9.18 Å². The molecule has 1 atom stereocenters. The Hall–Kier alpha value is -2.18. The monoisotopic (exact) mass is 346 g/mol. The van der Waals surface area contributed by atoms with Gasteiger partial charge in [0.25, 0.3) is 0 Å². The average Bonchev–Trinajstić information content (AvgIpc) is 3.01. The van der Waals surface area contributed by atoms with Crippen LogP contribution >= 0.6 is 0 Å². The first-order valence-corrected chi connectivity index (χ1v) is 8.42. The van der Waals surface area contributed by atoms with Gasteiger partial charge in [-0.1, -0.05) is 12.1 Å². The Morgan fingerprint density at radius 2 is 2.04 bits per heavy atom. The van der Waals surface area contributed by atoms with Crippen LogP contribution in [0.3, 0.4) is 0 Å². The maximum atomic E-state index is 13.7. The van der Waals surface area contributed by atoms with Crippen molar-refractivity contribution in [2.75, 3.05) is 33.4 Å². The first-order valence-electron chi connectivity index (χ1n) is 8.42. The zero-order valence-corrected chi connectivity index (χ0v) is 14.6. The quantitative estimate of drug-likeness (QED) is 0.835. The number of furan rings is 1. The van der Waals surface area contributed by atoms with Crippen molar-refractivity contribution >= 4 is 5.91 Å². The summed E-state index contributed by atoms with van der Waals surface area (Å²) in [4.78, 5) is 16.8. The normalized spacial score (nSPS) is 16.6. The molecular weight excluding hydrogens is 323 g/mol. The lowest BCUT2D eigenvalue weighted by Crippen LogP contribution is -2.46. The molecule has 3 rings (SSSR count). The molecule has 2 aromatic rings. The molecule has 1 aliphatic rings. The molecule has 2 heterocycles. The molecule has 0 aliphatic carbocycles. The maximum Gasteiger partial charge on any atom is 0.244 e. The predicted molar refractivity (Wildman–Crippen MR) is 91.5 cm³/mol. The van der Waals surface area contributed by atoms with Gasteiger partial charge in [-0.15, -0.1) is 0 Å². The molecule has 25 heavy (non-hydrogen) atoms. The summed E-state index contributed by atoms with van der Waals surface area (Å²) in [7, 11) is 1.74. The number of aryl methyl sites for hydroxylation is 1. The summed E-state index contributed by atoms with van der Waals surface area (Å²) in [5.41, 5.74) is 0.661. The molecule has 1 aliphatic heterocycles. The second kappa shape index (κ2) is 7.80. The summed E-state index contributed by atoms with van der Waals surface area (Å²) in [5.74, 6) is 1.12. The van der Waals surface area contributed by atoms with Gasteiger partial charge >= 0.3 is 0 Å². The van der Waals surface area contributed by atoms with Crippen molar-refractivity contribution < 1.29 is 18.3 Å². The molecule has 1 saturated heterocycles. The SMILES string of the molecule is Cc1ccc(CN(C)C(=O)C(c2cccc(F)c2)N2CCOCC2)o1. The van der Waals surface area contributed by atoms with E-state index in [1.54, 1.807) is 24.1 Å². The Morgan fingerprint density at radius 1 is 1.28 bits per heavy atom. The Kier molecular flexibility index (Phi) is 5.50. The number of carbonyl (C=O) groups excluding carboxylic acids is 1. The molecule has 1 aromatic heterocycles. The van der Waals surface area contributed by atoms with E-state index in [-0.39, 0.29) is 11.7 Å². The number of halogens is 1. The standard InChI is InChI=1S/C19H23FN2O3/c1-14-6-7-17(25-14)13-21(2)19(23)18(22-8-10-24-11-9-22)15-4-3-5-16(20)12-15/h3-7,12,18H,8-11,13H2,1-2H3. The van der Waals surface area contributed by atoms with Gasteiger partial charge in [-0.2, -0.15) is 0 Å². The number of amides is 1. The second-order valence-corrected chi connectivity index (χ2v) is 6.31. The van der Waals surface area contributed by atoms with E-state index in [1.807, 2.05) is 24.0 Å². The molecule has 0 N–H and O–H groups in total. The predicted octanol–water partition coefficient (Wildman–Crippen LogP) is 2.76. The second-order valence-electron chi connectivity index (χ2n) is 6.31. The van der Waals surface area contributed by atoms with Crippen molar-refractivity contribution in [3.05, 3.63) is 59.3 Å². The number of hydrogen-bond donors (Lipinski definition) is 0. The summed E-state index contributed by atoms with van der Waals surface area (Å²) in [6, 6.07) is 9.47. The molecule has 6 heteroatoms. The van der Waals surface area contributed by atoms with Crippen LogP contribution in [0, 0.1) is 12.7 Å². The van der Waals surface area contributed by atoms with Crippen LogP contribution in [-0.4, -0.2) is 49.1 Å². The van der Waals surface area contributed by atoms with Crippen molar-refractivity contribution in [1.29, 1.82) is 0 Å². The molecule has 0 saturated carbocycles. The molecular formula is C19H23FN2O3. The third kappa shape index (κ3) is 4.27. The highest BCUT2D eigenvalue weighted by Crippen LogP contribution is 2.25. The van der Waals surface area contributed by atoms with Crippen molar-refractivity contribution in [1.82, 2.24) is 9.80 Å². The molecule has 134 valence electrons. The van der Waals surface area contributed by atoms with Crippen LogP contribution < -0.4 is 0 Å². The van der Waals surface area contributed by atoms with E-state index in [4.69, 9.17) is 9.15 Å². The lowest BCUT2D eigenvalue weighted by molar-refractivity contribution is -0.138. The molecule has 1 unspecified atom stereocenters. The summed E-state index contributed by atoms with van der Waals surface area (Å²) in [6.07, 6.45) is 0. The molecule has 1 aromatic carbocycles. The number of ether oxygens (including phenoxy) is 1. The first kappa shape index (κ1) is 17.6. The fourth-order valence-electron chi connectivity index (χ4n) is 3.11.